The minimum Gasteiger partial charge on any atom is -0.467 e. The zero-order valence-electron chi connectivity index (χ0n) is 19.4. The Morgan fingerprint density at radius 1 is 1.03 bits per heavy atom. The second-order valence-corrected chi connectivity index (χ2v) is 8.80. The second kappa shape index (κ2) is 10.0. The average molecular weight is 489 g/mol. The molecule has 0 fully saturated rings. The first-order chi connectivity index (χ1) is 16.8. The van der Waals surface area contributed by atoms with Gasteiger partial charge in [-0.1, -0.05) is 54.1 Å². The summed E-state index contributed by atoms with van der Waals surface area (Å²) in [6, 6.07) is 25.4. The molecule has 35 heavy (non-hydrogen) atoms. The van der Waals surface area contributed by atoms with Gasteiger partial charge in [-0.2, -0.15) is 5.10 Å². The Morgan fingerprint density at radius 3 is 2.40 bits per heavy atom. The Morgan fingerprint density at radius 2 is 1.74 bits per heavy atom. The molecule has 7 nitrogen and oxygen atoms in total. The third-order valence-corrected chi connectivity index (χ3v) is 5.89. The highest BCUT2D eigenvalue weighted by Gasteiger charge is 2.36. The van der Waals surface area contributed by atoms with Gasteiger partial charge < -0.3 is 15.8 Å². The molecule has 1 amide bonds. The number of nitrogens with two attached hydrogens (primary N) is 1. The Bertz CT molecular complexity index is 1350. The molecule has 0 saturated carbocycles. The number of esters is 1. The number of halogens is 1. The molecule has 1 atom stereocenters. The van der Waals surface area contributed by atoms with Gasteiger partial charge in [0.25, 0.3) is 5.91 Å². The van der Waals surface area contributed by atoms with E-state index >= 15 is 0 Å². The predicted molar refractivity (Wildman–Crippen MR) is 136 cm³/mol. The zero-order valence-corrected chi connectivity index (χ0v) is 20.1. The molecule has 8 heteroatoms. The van der Waals surface area contributed by atoms with Crippen LogP contribution in [0.2, 0.25) is 5.02 Å². The van der Waals surface area contributed by atoms with Gasteiger partial charge in [0.1, 0.15) is 11.4 Å². The van der Waals surface area contributed by atoms with Crippen molar-refractivity contribution in [2.75, 3.05) is 12.8 Å². The number of carbonyl (C=O) groups is 2. The number of aromatic nitrogens is 2. The standard InChI is InChI=1S/C27H25ClN4O3/c1-27(26(34)35-2,17-18-7-4-3-5-8-18)30-25(33)19-11-13-22(14-12-19)32-24(29)16-23(31-32)20-9-6-10-21(28)15-20/h3-16H,17,29H2,1-2H3,(H,30,33). The van der Waals surface area contributed by atoms with Crippen LogP contribution in [-0.2, 0) is 16.0 Å². The van der Waals surface area contributed by atoms with E-state index in [1.807, 2.05) is 48.5 Å². The van der Waals surface area contributed by atoms with E-state index in [-0.39, 0.29) is 0 Å². The molecule has 3 aromatic carbocycles. The number of rotatable bonds is 7. The van der Waals surface area contributed by atoms with E-state index in [1.54, 1.807) is 48.0 Å². The van der Waals surface area contributed by atoms with E-state index < -0.39 is 17.4 Å². The number of hydrogen-bond donors (Lipinski definition) is 2. The minimum absolute atomic E-state index is 0.292. The number of amides is 1. The highest BCUT2D eigenvalue weighted by atomic mass is 35.5. The Kier molecular flexibility index (Phi) is 6.89. The quantitative estimate of drug-likeness (QED) is 0.368. The van der Waals surface area contributed by atoms with Gasteiger partial charge in [-0.15, -0.1) is 0 Å². The number of nitrogens with one attached hydrogen (secondary N) is 1. The summed E-state index contributed by atoms with van der Waals surface area (Å²) in [4.78, 5) is 25.6. The van der Waals surface area contributed by atoms with Crippen molar-refractivity contribution in [1.29, 1.82) is 0 Å². The van der Waals surface area contributed by atoms with E-state index in [4.69, 9.17) is 22.1 Å². The predicted octanol–water partition coefficient (Wildman–Crippen LogP) is 4.68. The van der Waals surface area contributed by atoms with Gasteiger partial charge in [-0.3, -0.25) is 4.79 Å². The third kappa shape index (κ3) is 5.36. The third-order valence-electron chi connectivity index (χ3n) is 5.66. The van der Waals surface area contributed by atoms with Crippen LogP contribution in [0.1, 0.15) is 22.8 Å². The number of hydrogen-bond acceptors (Lipinski definition) is 5. The molecule has 0 radical (unpaired) electrons. The molecule has 0 saturated heterocycles. The molecule has 3 N–H and O–H groups in total. The fourth-order valence-electron chi connectivity index (χ4n) is 3.86. The van der Waals surface area contributed by atoms with Crippen molar-refractivity contribution in [2.45, 2.75) is 18.9 Å². The van der Waals surface area contributed by atoms with Crippen molar-refractivity contribution in [1.82, 2.24) is 15.1 Å². The highest BCUT2D eigenvalue weighted by Crippen LogP contribution is 2.25. The molecule has 0 bridgehead atoms. The summed E-state index contributed by atoms with van der Waals surface area (Å²) in [5.74, 6) is -0.476. The van der Waals surface area contributed by atoms with Crippen LogP contribution in [0.4, 0.5) is 5.82 Å². The number of benzene rings is 3. The molecular weight excluding hydrogens is 464 g/mol. The van der Waals surface area contributed by atoms with Crippen LogP contribution in [0.5, 0.6) is 0 Å². The number of nitrogens with zero attached hydrogens (tertiary/aromatic N) is 2. The van der Waals surface area contributed by atoms with Crippen LogP contribution in [0, 0.1) is 0 Å². The first kappa shape index (κ1) is 24.0. The Balaban J connectivity index is 1.54. The summed E-state index contributed by atoms with van der Waals surface area (Å²) in [5, 5.41) is 8.02. The summed E-state index contributed by atoms with van der Waals surface area (Å²) in [6.07, 6.45) is 0.292. The molecular formula is C27H25ClN4O3. The van der Waals surface area contributed by atoms with Gasteiger partial charge in [0.05, 0.1) is 18.5 Å². The van der Waals surface area contributed by atoms with Crippen molar-refractivity contribution in [3.63, 3.8) is 0 Å². The minimum atomic E-state index is -1.23. The van der Waals surface area contributed by atoms with E-state index in [1.165, 1.54) is 7.11 Å². The van der Waals surface area contributed by atoms with Crippen LogP contribution < -0.4 is 11.1 Å². The van der Waals surface area contributed by atoms with E-state index in [0.29, 0.717) is 34.2 Å². The van der Waals surface area contributed by atoms with Gasteiger partial charge in [0.15, 0.2) is 0 Å². The fourth-order valence-corrected chi connectivity index (χ4v) is 4.06. The SMILES string of the molecule is COC(=O)C(C)(Cc1ccccc1)NC(=O)c1ccc(-n2nc(-c3cccc(Cl)c3)cc2N)cc1. The molecule has 1 unspecified atom stereocenters. The Labute approximate surface area is 208 Å². The van der Waals surface area contributed by atoms with Crippen molar-refractivity contribution in [2.24, 2.45) is 0 Å². The molecule has 1 aromatic heterocycles. The molecule has 1 heterocycles. The van der Waals surface area contributed by atoms with E-state index in [9.17, 15) is 9.59 Å². The molecule has 0 aliphatic heterocycles. The van der Waals surface area contributed by atoms with E-state index in [2.05, 4.69) is 10.4 Å². The van der Waals surface area contributed by atoms with Crippen LogP contribution in [0.25, 0.3) is 16.9 Å². The highest BCUT2D eigenvalue weighted by molar-refractivity contribution is 6.30. The summed E-state index contributed by atoms with van der Waals surface area (Å²) in [5.41, 5.74) is 8.46. The van der Waals surface area contributed by atoms with Crippen LogP contribution >= 0.6 is 11.6 Å². The summed E-state index contributed by atoms with van der Waals surface area (Å²) in [7, 11) is 1.30. The number of carbonyl (C=O) groups excluding carboxylic acids is 2. The molecule has 4 rings (SSSR count). The fraction of sp³-hybridized carbons (Fsp3) is 0.148. The molecule has 0 aliphatic rings. The average Bonchev–Trinajstić information content (AvgIpc) is 3.25. The smallest absolute Gasteiger partial charge is 0.331 e. The lowest BCUT2D eigenvalue weighted by Gasteiger charge is -2.28. The first-order valence-corrected chi connectivity index (χ1v) is 11.3. The van der Waals surface area contributed by atoms with Crippen LogP contribution in [-0.4, -0.2) is 34.3 Å². The summed E-state index contributed by atoms with van der Waals surface area (Å²) >= 11 is 6.09. The molecule has 0 spiro atoms. The van der Waals surface area contributed by atoms with Gasteiger partial charge in [0.2, 0.25) is 0 Å². The molecule has 178 valence electrons. The maximum absolute atomic E-state index is 13.0. The number of nitrogen functional groups attached to an aromatic ring is 1. The van der Waals surface area contributed by atoms with Crippen molar-refractivity contribution < 1.29 is 14.3 Å². The molecule has 0 aliphatic carbocycles. The lowest BCUT2D eigenvalue weighted by Crippen LogP contribution is -2.54. The normalized spacial score (nSPS) is 12.5. The zero-order chi connectivity index (χ0) is 25.0. The number of ether oxygens (including phenoxy) is 1. The number of anilines is 1. The van der Waals surface area contributed by atoms with Crippen LogP contribution in [0.15, 0.2) is 84.9 Å². The maximum Gasteiger partial charge on any atom is 0.331 e. The van der Waals surface area contributed by atoms with Gasteiger partial charge >= 0.3 is 5.97 Å². The van der Waals surface area contributed by atoms with Gasteiger partial charge in [-0.25, -0.2) is 9.48 Å². The van der Waals surface area contributed by atoms with Gasteiger partial charge in [0, 0.05) is 28.6 Å². The van der Waals surface area contributed by atoms with E-state index in [0.717, 1.165) is 11.1 Å². The lowest BCUT2D eigenvalue weighted by molar-refractivity contribution is -0.147. The summed E-state index contributed by atoms with van der Waals surface area (Å²) < 4.78 is 6.56. The maximum atomic E-state index is 13.0. The van der Waals surface area contributed by atoms with Crippen molar-refractivity contribution in [3.8, 4) is 16.9 Å². The lowest BCUT2D eigenvalue weighted by atomic mass is 9.92. The Hall–Kier alpha value is -4.10. The summed E-state index contributed by atoms with van der Waals surface area (Å²) in [6.45, 7) is 1.65. The topological polar surface area (TPSA) is 99.2 Å². The largest absolute Gasteiger partial charge is 0.467 e. The number of methoxy groups -OCH3 is 1. The second-order valence-electron chi connectivity index (χ2n) is 8.36. The van der Waals surface area contributed by atoms with Crippen molar-refractivity contribution in [3.05, 3.63) is 101 Å². The molecule has 4 aromatic rings. The van der Waals surface area contributed by atoms with Crippen molar-refractivity contribution >= 4 is 29.3 Å². The monoisotopic (exact) mass is 488 g/mol. The van der Waals surface area contributed by atoms with Crippen LogP contribution in [0.3, 0.4) is 0 Å². The van der Waals surface area contributed by atoms with Gasteiger partial charge in [-0.05, 0) is 48.9 Å². The first-order valence-electron chi connectivity index (χ1n) is 11.0.